The number of rotatable bonds is 3. The number of carbonyl (C=O) groups is 1. The molecule has 0 aromatic rings. The highest BCUT2D eigenvalue weighted by Crippen LogP contribution is 2.03. The van der Waals surface area contributed by atoms with Crippen LogP contribution in [0.25, 0.3) is 0 Å². The summed E-state index contributed by atoms with van der Waals surface area (Å²) < 4.78 is 0. The number of carbonyl (C=O) groups excluding carboxylic acids is 1. The lowest BCUT2D eigenvalue weighted by Crippen LogP contribution is -2.28. The van der Waals surface area contributed by atoms with Crippen LogP contribution in [-0.4, -0.2) is 21.7 Å². The molecule has 0 N–H and O–H groups in total. The molecule has 0 aromatic heterocycles. The van der Waals surface area contributed by atoms with E-state index in [1.807, 2.05) is 0 Å². The molecule has 0 rings (SSSR count). The van der Waals surface area contributed by atoms with Crippen LogP contribution in [0.4, 0.5) is 0 Å². The number of amides is 1. The molecular formula is C6H9Br2NO. The summed E-state index contributed by atoms with van der Waals surface area (Å²) in [6, 6.07) is 0. The molecule has 10 heavy (non-hydrogen) atoms. The predicted octanol–water partition coefficient (Wildman–Crippen LogP) is 2.10. The average molecular weight is 271 g/mol. The second-order valence-corrected chi connectivity index (χ2v) is 2.87. The summed E-state index contributed by atoms with van der Waals surface area (Å²) in [7, 11) is 0. The molecular weight excluding hydrogens is 262 g/mol. The highest BCUT2D eigenvalue weighted by Gasteiger charge is 2.09. The molecule has 1 amide bonds. The van der Waals surface area contributed by atoms with Crippen molar-refractivity contribution in [2.45, 2.75) is 6.92 Å². The van der Waals surface area contributed by atoms with Gasteiger partial charge in [-0.25, -0.2) is 0 Å². The van der Waals surface area contributed by atoms with E-state index in [1.54, 1.807) is 11.8 Å². The third-order valence-corrected chi connectivity index (χ3v) is 2.15. The fourth-order valence-electron chi connectivity index (χ4n) is 0.410. The summed E-state index contributed by atoms with van der Waals surface area (Å²) in [5, 5.41) is 0. The van der Waals surface area contributed by atoms with Crippen molar-refractivity contribution in [2.75, 3.05) is 10.9 Å². The van der Waals surface area contributed by atoms with Gasteiger partial charge in [-0.2, -0.15) is 0 Å². The molecule has 0 bridgehead atoms. The van der Waals surface area contributed by atoms with Crippen LogP contribution in [0.15, 0.2) is 12.2 Å². The molecule has 0 radical (unpaired) electrons. The Balaban J connectivity index is 4.02. The van der Waals surface area contributed by atoms with Crippen molar-refractivity contribution < 1.29 is 4.79 Å². The summed E-state index contributed by atoms with van der Waals surface area (Å²) in [6.45, 7) is 5.23. The molecule has 0 fully saturated rings. The number of hydrogen-bond donors (Lipinski definition) is 0. The second-order valence-electron chi connectivity index (χ2n) is 1.86. The van der Waals surface area contributed by atoms with Gasteiger partial charge in [0, 0.05) is 5.57 Å². The van der Waals surface area contributed by atoms with Crippen LogP contribution in [0.3, 0.4) is 0 Å². The third kappa shape index (κ3) is 2.84. The molecule has 58 valence electrons. The fourth-order valence-corrected chi connectivity index (χ4v) is 1.70. The van der Waals surface area contributed by atoms with E-state index < -0.39 is 0 Å². The van der Waals surface area contributed by atoms with E-state index in [0.717, 1.165) is 0 Å². The van der Waals surface area contributed by atoms with Crippen LogP contribution in [0.1, 0.15) is 6.92 Å². The van der Waals surface area contributed by atoms with Gasteiger partial charge in [-0.05, 0) is 6.92 Å². The summed E-state index contributed by atoms with van der Waals surface area (Å²) in [5.74, 6) is -0.0336. The minimum atomic E-state index is -0.0336. The van der Waals surface area contributed by atoms with E-state index in [-0.39, 0.29) is 5.91 Å². The van der Waals surface area contributed by atoms with E-state index in [2.05, 4.69) is 38.4 Å². The zero-order valence-electron chi connectivity index (χ0n) is 5.73. The van der Waals surface area contributed by atoms with Gasteiger partial charge < -0.3 is 4.90 Å². The Morgan fingerprint density at radius 1 is 1.50 bits per heavy atom. The molecule has 0 saturated carbocycles. The Morgan fingerprint density at radius 2 is 1.90 bits per heavy atom. The van der Waals surface area contributed by atoms with E-state index in [4.69, 9.17) is 0 Å². The molecule has 0 aromatic carbocycles. The SMILES string of the molecule is C=C(C)C(=O)N(CBr)CBr. The molecule has 0 unspecified atom stereocenters. The molecule has 0 heterocycles. The summed E-state index contributed by atoms with van der Waals surface area (Å²) in [6.07, 6.45) is 0. The Morgan fingerprint density at radius 3 is 2.00 bits per heavy atom. The van der Waals surface area contributed by atoms with Gasteiger partial charge in [0.05, 0.1) is 10.9 Å². The highest BCUT2D eigenvalue weighted by atomic mass is 79.9. The first-order valence-corrected chi connectivity index (χ1v) is 4.94. The number of alkyl halides is 2. The van der Waals surface area contributed by atoms with Crippen LogP contribution >= 0.6 is 31.9 Å². The quantitative estimate of drug-likeness (QED) is 0.437. The van der Waals surface area contributed by atoms with E-state index in [0.29, 0.717) is 16.5 Å². The first-order valence-electron chi connectivity index (χ1n) is 2.70. The molecule has 0 spiro atoms. The van der Waals surface area contributed by atoms with Gasteiger partial charge in [0.15, 0.2) is 0 Å². The Hall–Kier alpha value is 0.170. The van der Waals surface area contributed by atoms with Gasteiger partial charge in [0.2, 0.25) is 5.91 Å². The normalized spacial score (nSPS) is 9.10. The first-order chi connectivity index (χ1) is 4.63. The smallest absolute Gasteiger partial charge is 0.250 e. The molecule has 0 aliphatic rings. The number of halogens is 2. The van der Waals surface area contributed by atoms with Crippen molar-refractivity contribution in [3.8, 4) is 0 Å². The first kappa shape index (κ1) is 10.2. The van der Waals surface area contributed by atoms with Crippen LogP contribution in [0, 0.1) is 0 Å². The maximum absolute atomic E-state index is 11.1. The van der Waals surface area contributed by atoms with Crippen molar-refractivity contribution in [3.63, 3.8) is 0 Å². The number of hydrogen-bond acceptors (Lipinski definition) is 1. The van der Waals surface area contributed by atoms with E-state index in [9.17, 15) is 4.79 Å². The Kier molecular flexibility index (Phi) is 4.99. The minimum absolute atomic E-state index is 0.0336. The van der Waals surface area contributed by atoms with Gasteiger partial charge in [-0.1, -0.05) is 38.4 Å². The van der Waals surface area contributed by atoms with Crippen LogP contribution in [-0.2, 0) is 4.79 Å². The Bertz CT molecular complexity index is 143. The van der Waals surface area contributed by atoms with Gasteiger partial charge in [0.1, 0.15) is 0 Å². The van der Waals surface area contributed by atoms with Crippen LogP contribution < -0.4 is 0 Å². The van der Waals surface area contributed by atoms with Crippen LogP contribution in [0.5, 0.6) is 0 Å². The molecule has 0 aliphatic heterocycles. The highest BCUT2D eigenvalue weighted by molar-refractivity contribution is 9.09. The standard InChI is InChI=1S/C6H9Br2NO/c1-5(2)6(10)9(3-7)4-8/h1,3-4H2,2H3. The van der Waals surface area contributed by atoms with Gasteiger partial charge in [-0.15, -0.1) is 0 Å². The molecule has 2 nitrogen and oxygen atoms in total. The van der Waals surface area contributed by atoms with Crippen molar-refractivity contribution in [3.05, 3.63) is 12.2 Å². The van der Waals surface area contributed by atoms with Gasteiger partial charge in [0.25, 0.3) is 0 Å². The molecule has 0 aliphatic carbocycles. The monoisotopic (exact) mass is 269 g/mol. The molecule has 4 heteroatoms. The largest absolute Gasteiger partial charge is 0.319 e. The predicted molar refractivity (Wildman–Crippen MR) is 49.2 cm³/mol. The van der Waals surface area contributed by atoms with Crippen LogP contribution in [0.2, 0.25) is 0 Å². The molecule has 0 atom stereocenters. The lowest BCUT2D eigenvalue weighted by Gasteiger charge is -2.15. The average Bonchev–Trinajstić information content (AvgIpc) is 1.90. The zero-order valence-corrected chi connectivity index (χ0v) is 8.90. The topological polar surface area (TPSA) is 20.3 Å². The lowest BCUT2D eigenvalue weighted by molar-refractivity contribution is -0.125. The van der Waals surface area contributed by atoms with E-state index in [1.165, 1.54) is 0 Å². The van der Waals surface area contributed by atoms with Crippen molar-refractivity contribution in [2.24, 2.45) is 0 Å². The van der Waals surface area contributed by atoms with Crippen molar-refractivity contribution in [1.82, 2.24) is 4.90 Å². The zero-order chi connectivity index (χ0) is 8.15. The fraction of sp³-hybridized carbons (Fsp3) is 0.500. The maximum Gasteiger partial charge on any atom is 0.250 e. The summed E-state index contributed by atoms with van der Waals surface area (Å²) in [4.78, 5) is 12.7. The minimum Gasteiger partial charge on any atom is -0.319 e. The third-order valence-electron chi connectivity index (χ3n) is 0.941. The van der Waals surface area contributed by atoms with Gasteiger partial charge >= 0.3 is 0 Å². The van der Waals surface area contributed by atoms with E-state index >= 15 is 0 Å². The maximum atomic E-state index is 11.1. The summed E-state index contributed by atoms with van der Waals surface area (Å²) in [5.41, 5.74) is 1.62. The Labute approximate surface area is 77.5 Å². The van der Waals surface area contributed by atoms with Gasteiger partial charge in [-0.3, -0.25) is 4.79 Å². The van der Waals surface area contributed by atoms with Crippen molar-refractivity contribution >= 4 is 37.8 Å². The summed E-state index contributed by atoms with van der Waals surface area (Å²) >= 11 is 6.36. The van der Waals surface area contributed by atoms with Crippen molar-refractivity contribution in [1.29, 1.82) is 0 Å². The second kappa shape index (κ2) is 4.91. The lowest BCUT2D eigenvalue weighted by atomic mass is 10.3. The number of nitrogens with zero attached hydrogens (tertiary/aromatic N) is 1. The molecule has 0 saturated heterocycles.